The van der Waals surface area contributed by atoms with E-state index in [0.717, 1.165) is 11.3 Å². The van der Waals surface area contributed by atoms with E-state index in [2.05, 4.69) is 12.2 Å². The van der Waals surface area contributed by atoms with Crippen LogP contribution in [0.2, 0.25) is 0 Å². The quantitative estimate of drug-likeness (QED) is 0.171. The summed E-state index contributed by atoms with van der Waals surface area (Å²) in [5.74, 6) is -3.09. The number of cyclic esters (lactones) is 1. The zero-order valence-electron chi connectivity index (χ0n) is 29.7. The van der Waals surface area contributed by atoms with E-state index >= 15 is 0 Å². The highest BCUT2D eigenvalue weighted by Gasteiger charge is 2.69. The summed E-state index contributed by atoms with van der Waals surface area (Å²) in [6, 6.07) is 3.82. The first kappa shape index (κ1) is 37.9. The second kappa shape index (κ2) is 15.1. The van der Waals surface area contributed by atoms with Crippen LogP contribution in [0.1, 0.15) is 40.5 Å². The van der Waals surface area contributed by atoms with Crippen LogP contribution in [0, 0.1) is 29.6 Å². The maximum absolute atomic E-state index is 13.7. The number of esters is 3. The standard InChI is InChI=1S/C38H49N2O9.BrH/c1-21-18-22(2)38-26(12-13-28-31(38)32(42)23(3)34(35(28)49-38)48-36(43)25-10-8-9-11-25)19-29(45-7)37(44)47-33(21)24(4)46-30(41)20-40-16-14-27(15-17-40)39(5)6;/h8-10,12-18,21,23-24,26,28-29,31-35,42H,11,19-20H2,1-7H3;1H/q+1;/p-1/b22-18+;/t21-,23-,24-,26?,28-,29+,31+,32-,33+,34-,35-,38+;/m1./s1. The van der Waals surface area contributed by atoms with Gasteiger partial charge >= 0.3 is 17.9 Å². The van der Waals surface area contributed by atoms with Crippen LogP contribution < -0.4 is 26.4 Å². The zero-order valence-corrected chi connectivity index (χ0v) is 31.3. The van der Waals surface area contributed by atoms with Gasteiger partial charge in [0.05, 0.1) is 6.10 Å². The Kier molecular flexibility index (Phi) is 11.5. The molecule has 12 heteroatoms. The Balaban J connectivity index is 0.00000486. The minimum absolute atomic E-state index is 0. The Morgan fingerprint density at radius 3 is 2.54 bits per heavy atom. The molecule has 0 aromatic carbocycles. The lowest BCUT2D eigenvalue weighted by atomic mass is 9.57. The molecule has 1 aromatic heterocycles. The average molecular weight is 758 g/mol. The van der Waals surface area contributed by atoms with E-state index in [4.69, 9.17) is 23.7 Å². The molecule has 0 radical (unpaired) electrons. The van der Waals surface area contributed by atoms with Gasteiger partial charge in [0, 0.05) is 74.2 Å². The number of carbonyl (C=O) groups is 3. The number of carbonyl (C=O) groups excluding carboxylic acids is 3. The highest BCUT2D eigenvalue weighted by Crippen LogP contribution is 2.61. The third-order valence-electron chi connectivity index (χ3n) is 11.2. The van der Waals surface area contributed by atoms with Gasteiger partial charge in [-0.15, -0.1) is 0 Å². The van der Waals surface area contributed by atoms with Crippen LogP contribution in [0.15, 0.2) is 72.1 Å². The highest BCUT2D eigenvalue weighted by molar-refractivity contribution is 5.90. The van der Waals surface area contributed by atoms with E-state index in [0.29, 0.717) is 12.0 Å². The van der Waals surface area contributed by atoms with E-state index in [-0.39, 0.29) is 53.6 Å². The summed E-state index contributed by atoms with van der Waals surface area (Å²) >= 11 is 0. The van der Waals surface area contributed by atoms with Crippen LogP contribution in [0.5, 0.6) is 0 Å². The summed E-state index contributed by atoms with van der Waals surface area (Å²) in [5, 5.41) is 12.0. The number of aliphatic hydroxyl groups excluding tert-OH is 1. The Labute approximate surface area is 304 Å². The fourth-order valence-electron chi connectivity index (χ4n) is 8.60. The Hall–Kier alpha value is -3.32. The number of rotatable bonds is 8. The molecule has 11 nitrogen and oxygen atoms in total. The third-order valence-corrected chi connectivity index (χ3v) is 11.2. The molecule has 5 aliphatic rings. The fourth-order valence-corrected chi connectivity index (χ4v) is 8.60. The molecule has 272 valence electrons. The fraction of sp³-hybridized carbons (Fsp3) is 0.579. The summed E-state index contributed by atoms with van der Waals surface area (Å²) in [6.07, 6.45) is 11.5. The molecule has 1 saturated carbocycles. The number of aromatic nitrogens is 1. The molecular formula is C38H49BrN2O9. The number of methoxy groups -OCH3 is 1. The summed E-state index contributed by atoms with van der Waals surface area (Å²) in [4.78, 5) is 41.9. The van der Waals surface area contributed by atoms with Crippen molar-refractivity contribution in [2.75, 3.05) is 26.1 Å². The Morgan fingerprint density at radius 2 is 1.90 bits per heavy atom. The maximum Gasteiger partial charge on any atom is 0.373 e. The van der Waals surface area contributed by atoms with Gasteiger partial charge in [0.25, 0.3) is 0 Å². The molecule has 3 aliphatic carbocycles. The van der Waals surface area contributed by atoms with E-state index < -0.39 is 66.1 Å². The van der Waals surface area contributed by atoms with Gasteiger partial charge in [-0.05, 0) is 32.3 Å². The van der Waals surface area contributed by atoms with Gasteiger partial charge in [-0.25, -0.2) is 14.4 Å². The number of nitrogens with zero attached hydrogens (tertiary/aromatic N) is 2. The van der Waals surface area contributed by atoms with Gasteiger partial charge in [-0.1, -0.05) is 50.3 Å². The first-order valence-electron chi connectivity index (χ1n) is 17.2. The van der Waals surface area contributed by atoms with Gasteiger partial charge in [0.15, 0.2) is 18.5 Å². The molecule has 6 rings (SSSR count). The minimum atomic E-state index is -0.990. The van der Waals surface area contributed by atoms with Crippen molar-refractivity contribution in [3.63, 3.8) is 0 Å². The van der Waals surface area contributed by atoms with Crippen LogP contribution in [-0.4, -0.2) is 86.4 Å². The van der Waals surface area contributed by atoms with Crippen LogP contribution in [0.3, 0.4) is 0 Å². The monoisotopic (exact) mass is 756 g/mol. The van der Waals surface area contributed by atoms with E-state index in [1.54, 1.807) is 17.6 Å². The smallest absolute Gasteiger partial charge is 0.373 e. The van der Waals surface area contributed by atoms with Crippen molar-refractivity contribution in [2.45, 2.75) is 89.3 Å². The molecule has 12 atom stereocenters. The Morgan fingerprint density at radius 1 is 1.18 bits per heavy atom. The molecule has 1 spiro atoms. The lowest BCUT2D eigenvalue weighted by Crippen LogP contribution is -3.00. The number of hydrogen-bond acceptors (Lipinski definition) is 10. The second-order valence-electron chi connectivity index (χ2n) is 14.4. The lowest BCUT2D eigenvalue weighted by molar-refractivity contribution is -0.686. The maximum atomic E-state index is 13.7. The van der Waals surface area contributed by atoms with Crippen LogP contribution in [0.4, 0.5) is 5.69 Å². The highest BCUT2D eigenvalue weighted by atomic mass is 79.9. The van der Waals surface area contributed by atoms with Gasteiger partial charge in [0.2, 0.25) is 6.54 Å². The van der Waals surface area contributed by atoms with Crippen molar-refractivity contribution in [2.24, 2.45) is 29.6 Å². The molecule has 1 unspecified atom stereocenters. The number of pyridine rings is 1. The summed E-state index contributed by atoms with van der Waals surface area (Å²) in [7, 11) is 5.36. The largest absolute Gasteiger partial charge is 1.00 e. The molecule has 0 amide bonds. The topological polar surface area (TPSA) is 125 Å². The van der Waals surface area contributed by atoms with Crippen molar-refractivity contribution >= 4 is 23.6 Å². The van der Waals surface area contributed by atoms with Crippen molar-refractivity contribution < 1.29 is 64.7 Å². The molecule has 2 aliphatic heterocycles. The third kappa shape index (κ3) is 6.83. The van der Waals surface area contributed by atoms with Crippen LogP contribution in [-0.2, 0) is 44.6 Å². The summed E-state index contributed by atoms with van der Waals surface area (Å²) in [6.45, 7) is 7.53. The molecular weight excluding hydrogens is 708 g/mol. The predicted molar refractivity (Wildman–Crippen MR) is 179 cm³/mol. The van der Waals surface area contributed by atoms with Crippen molar-refractivity contribution in [1.82, 2.24) is 0 Å². The van der Waals surface area contributed by atoms with Crippen LogP contribution in [0.25, 0.3) is 0 Å². The first-order valence-corrected chi connectivity index (χ1v) is 17.2. The number of anilines is 1. The molecule has 2 fully saturated rings. The van der Waals surface area contributed by atoms with E-state index in [1.165, 1.54) is 7.11 Å². The Bertz CT molecular complexity index is 1570. The molecule has 1 aromatic rings. The average Bonchev–Trinajstić information content (AvgIpc) is 3.67. The van der Waals surface area contributed by atoms with Crippen molar-refractivity contribution in [3.8, 4) is 0 Å². The second-order valence-corrected chi connectivity index (χ2v) is 14.4. The number of hydrogen-bond donors (Lipinski definition) is 1. The van der Waals surface area contributed by atoms with Gasteiger partial charge < -0.3 is 50.7 Å². The zero-order chi connectivity index (χ0) is 35.2. The van der Waals surface area contributed by atoms with Crippen LogP contribution >= 0.6 is 0 Å². The van der Waals surface area contributed by atoms with Crippen molar-refractivity contribution in [3.05, 3.63) is 72.1 Å². The number of allylic oxidation sites excluding steroid dienone is 3. The number of aliphatic hydroxyl groups is 1. The molecule has 1 saturated heterocycles. The SMILES string of the molecule is CO[C@H]1CC2C=C[C@H]3[C@H]4O[C@]2(/C(C)=C/[C@@H](C)[C@@H]([C@@H](C)OC(=O)C[n+]2ccc(N(C)C)cc2)OC1=O)[C@@H]3[C@H](O)[C@@H](C)[C@H]4OC(=O)C1=CC=CC1.[Br-]. The number of halogens is 1. The summed E-state index contributed by atoms with van der Waals surface area (Å²) in [5.41, 5.74) is 1.46. The molecule has 50 heavy (non-hydrogen) atoms. The molecule has 3 heterocycles. The number of ether oxygens (including phenoxy) is 5. The molecule has 1 N–H and O–H groups in total. The minimum Gasteiger partial charge on any atom is -1.00 e. The van der Waals surface area contributed by atoms with Gasteiger partial charge in [0.1, 0.15) is 30.0 Å². The van der Waals surface area contributed by atoms with Gasteiger partial charge in [-0.2, -0.15) is 4.57 Å². The van der Waals surface area contributed by atoms with Crippen molar-refractivity contribution in [1.29, 1.82) is 0 Å². The van der Waals surface area contributed by atoms with E-state index in [1.807, 2.05) is 82.5 Å². The summed E-state index contributed by atoms with van der Waals surface area (Å²) < 4.78 is 32.6. The molecule has 4 bridgehead atoms. The van der Waals surface area contributed by atoms with Gasteiger partial charge in [-0.3, -0.25) is 0 Å². The predicted octanol–water partition coefficient (Wildman–Crippen LogP) is 0.253. The lowest BCUT2D eigenvalue weighted by Gasteiger charge is -2.49. The van der Waals surface area contributed by atoms with E-state index in [9.17, 15) is 19.5 Å². The first-order chi connectivity index (χ1) is 23.3. The normalized spacial score (nSPS) is 37.2.